The van der Waals surface area contributed by atoms with E-state index in [2.05, 4.69) is 25.6 Å². The fourth-order valence-electron chi connectivity index (χ4n) is 3.48. The number of aromatic carboxylic acids is 1. The molecule has 29 heavy (non-hydrogen) atoms. The fourth-order valence-corrected chi connectivity index (χ4v) is 3.48. The quantitative estimate of drug-likeness (QED) is 0.530. The Morgan fingerprint density at radius 2 is 2.14 bits per heavy atom. The summed E-state index contributed by atoms with van der Waals surface area (Å²) < 4.78 is 40.8. The van der Waals surface area contributed by atoms with Gasteiger partial charge in [0, 0.05) is 41.4 Å². The van der Waals surface area contributed by atoms with E-state index in [9.17, 15) is 18.0 Å². The van der Waals surface area contributed by atoms with Crippen LogP contribution in [-0.2, 0) is 6.18 Å². The molecule has 1 aliphatic heterocycles. The number of carboxylic acids is 1. The maximum Gasteiger partial charge on any atom is 0.419 e. The van der Waals surface area contributed by atoms with Crippen molar-refractivity contribution in [3.8, 4) is 11.3 Å². The third-order valence-corrected chi connectivity index (χ3v) is 4.91. The molecule has 1 aliphatic rings. The first kappa shape index (κ1) is 19.2. The van der Waals surface area contributed by atoms with Crippen LogP contribution < -0.4 is 10.6 Å². The van der Waals surface area contributed by atoms with Crippen LogP contribution in [0, 0.1) is 0 Å². The molecular weight excluding hydrogens is 387 g/mol. The Labute approximate surface area is 163 Å². The van der Waals surface area contributed by atoms with Gasteiger partial charge in [0.05, 0.1) is 11.3 Å². The first-order chi connectivity index (χ1) is 13.8. The summed E-state index contributed by atoms with van der Waals surface area (Å²) >= 11 is 0. The highest BCUT2D eigenvalue weighted by Crippen LogP contribution is 2.38. The van der Waals surface area contributed by atoms with Gasteiger partial charge in [-0.3, -0.25) is 0 Å². The Hall–Kier alpha value is -3.14. The second-order valence-corrected chi connectivity index (χ2v) is 6.91. The van der Waals surface area contributed by atoms with E-state index in [0.29, 0.717) is 17.4 Å². The van der Waals surface area contributed by atoms with Gasteiger partial charge in [0.1, 0.15) is 5.56 Å². The largest absolute Gasteiger partial charge is 0.478 e. The van der Waals surface area contributed by atoms with Crippen molar-refractivity contribution >= 4 is 22.8 Å². The molecular formula is C19H18F3N5O2. The predicted octanol–water partition coefficient (Wildman–Crippen LogP) is 3.51. The number of nitrogens with zero attached hydrogens (tertiary/aromatic N) is 2. The summed E-state index contributed by atoms with van der Waals surface area (Å²) in [7, 11) is 0. The van der Waals surface area contributed by atoms with Crippen LogP contribution in [0.4, 0.5) is 19.1 Å². The molecule has 1 fully saturated rings. The van der Waals surface area contributed by atoms with Crippen molar-refractivity contribution in [2.75, 3.05) is 18.4 Å². The van der Waals surface area contributed by atoms with E-state index in [4.69, 9.17) is 5.11 Å². The Balaban J connectivity index is 1.79. The zero-order valence-electron chi connectivity index (χ0n) is 15.2. The summed E-state index contributed by atoms with van der Waals surface area (Å²) in [6.07, 6.45) is -0.618. The molecule has 7 nitrogen and oxygen atoms in total. The van der Waals surface area contributed by atoms with Crippen molar-refractivity contribution in [2.45, 2.75) is 25.1 Å². The van der Waals surface area contributed by atoms with E-state index >= 15 is 0 Å². The van der Waals surface area contributed by atoms with Crippen molar-refractivity contribution in [2.24, 2.45) is 0 Å². The van der Waals surface area contributed by atoms with E-state index in [1.165, 1.54) is 24.4 Å². The number of halogens is 3. The van der Waals surface area contributed by atoms with Gasteiger partial charge >= 0.3 is 12.1 Å². The molecule has 1 saturated heterocycles. The summed E-state index contributed by atoms with van der Waals surface area (Å²) in [5, 5.41) is 15.9. The maximum absolute atomic E-state index is 13.6. The van der Waals surface area contributed by atoms with Gasteiger partial charge in [0.2, 0.25) is 5.95 Å². The molecule has 0 aliphatic carbocycles. The average molecular weight is 405 g/mol. The number of fused-ring (bicyclic) bond motifs is 1. The first-order valence-corrected chi connectivity index (χ1v) is 9.09. The van der Waals surface area contributed by atoms with Gasteiger partial charge in [0.15, 0.2) is 0 Å². The minimum absolute atomic E-state index is 0.0365. The summed E-state index contributed by atoms with van der Waals surface area (Å²) in [5.41, 5.74) is -0.521. The van der Waals surface area contributed by atoms with E-state index in [0.717, 1.165) is 25.6 Å². The van der Waals surface area contributed by atoms with Crippen molar-refractivity contribution in [1.29, 1.82) is 0 Å². The number of alkyl halides is 3. The van der Waals surface area contributed by atoms with E-state index in [1.807, 2.05) is 0 Å². The molecule has 0 amide bonds. The monoisotopic (exact) mass is 405 g/mol. The molecule has 4 rings (SSSR count). The minimum Gasteiger partial charge on any atom is -0.478 e. The molecule has 10 heteroatoms. The lowest BCUT2D eigenvalue weighted by Gasteiger charge is -2.24. The number of hydrogen-bond acceptors (Lipinski definition) is 5. The van der Waals surface area contributed by atoms with E-state index < -0.39 is 17.7 Å². The lowest BCUT2D eigenvalue weighted by Crippen LogP contribution is -2.38. The van der Waals surface area contributed by atoms with E-state index in [-0.39, 0.29) is 28.8 Å². The second-order valence-electron chi connectivity index (χ2n) is 6.91. The van der Waals surface area contributed by atoms with Crippen molar-refractivity contribution in [3.63, 3.8) is 0 Å². The number of carboxylic acid groups (broad SMARTS) is 1. The lowest BCUT2D eigenvalue weighted by molar-refractivity contribution is -0.137. The topological polar surface area (TPSA) is 103 Å². The van der Waals surface area contributed by atoms with Crippen LogP contribution in [0.15, 0.2) is 30.6 Å². The molecule has 3 heterocycles. The van der Waals surface area contributed by atoms with Crippen LogP contribution in [0.5, 0.6) is 0 Å². The summed E-state index contributed by atoms with van der Waals surface area (Å²) in [6, 6.07) is 4.24. The number of anilines is 1. The van der Waals surface area contributed by atoms with Gasteiger partial charge in [-0.05, 0) is 31.5 Å². The number of aromatic amines is 1. The normalized spacial score (nSPS) is 17.4. The van der Waals surface area contributed by atoms with Gasteiger partial charge in [-0.15, -0.1) is 0 Å². The third kappa shape index (κ3) is 3.88. The molecule has 152 valence electrons. The van der Waals surface area contributed by atoms with E-state index in [1.54, 1.807) is 0 Å². The molecule has 0 radical (unpaired) electrons. The molecule has 0 bridgehead atoms. The smallest absolute Gasteiger partial charge is 0.419 e. The number of nitrogens with one attached hydrogen (secondary N) is 3. The predicted molar refractivity (Wildman–Crippen MR) is 101 cm³/mol. The SMILES string of the molecule is O=C(O)c1ccc2c(-c3nc(N[C@H]4CCCNC4)ncc3C(F)(F)F)c[nH]c2c1. The summed E-state index contributed by atoms with van der Waals surface area (Å²) in [6.45, 7) is 1.59. The number of benzene rings is 1. The summed E-state index contributed by atoms with van der Waals surface area (Å²) in [5.74, 6) is -0.994. The average Bonchev–Trinajstić information content (AvgIpc) is 3.11. The number of carbonyl (C=O) groups is 1. The Bertz CT molecular complexity index is 1060. The van der Waals surface area contributed by atoms with Crippen LogP contribution in [0.2, 0.25) is 0 Å². The number of H-pyrrole nitrogens is 1. The molecule has 1 atom stereocenters. The lowest BCUT2D eigenvalue weighted by atomic mass is 10.0. The highest BCUT2D eigenvalue weighted by molar-refractivity contribution is 5.99. The summed E-state index contributed by atoms with van der Waals surface area (Å²) in [4.78, 5) is 22.0. The molecule has 0 saturated carbocycles. The van der Waals surface area contributed by atoms with Gasteiger partial charge in [-0.2, -0.15) is 13.2 Å². The zero-order chi connectivity index (χ0) is 20.6. The fraction of sp³-hybridized carbons (Fsp3) is 0.316. The van der Waals surface area contributed by atoms with Crippen LogP contribution in [0.3, 0.4) is 0 Å². The molecule has 4 N–H and O–H groups in total. The number of rotatable bonds is 4. The number of aromatic nitrogens is 3. The molecule has 1 aromatic carbocycles. The van der Waals surface area contributed by atoms with Crippen LogP contribution in [0.25, 0.3) is 22.2 Å². The van der Waals surface area contributed by atoms with Gasteiger partial charge in [-0.1, -0.05) is 6.07 Å². The Morgan fingerprint density at radius 3 is 2.83 bits per heavy atom. The highest BCUT2D eigenvalue weighted by atomic mass is 19.4. The van der Waals surface area contributed by atoms with Crippen molar-refractivity contribution < 1.29 is 23.1 Å². The molecule has 0 spiro atoms. The van der Waals surface area contributed by atoms with Crippen LogP contribution >= 0.6 is 0 Å². The van der Waals surface area contributed by atoms with Crippen molar-refractivity contribution in [3.05, 3.63) is 41.7 Å². The standard InChI is InChI=1S/C19H18F3N5O2/c20-19(21,22)14-9-25-18(26-11-2-1-5-23-7-11)27-16(14)13-8-24-15-6-10(17(28)29)3-4-12(13)15/h3-4,6,8-9,11,23-24H,1-2,5,7H2,(H,28,29)(H,25,26,27)/t11-/m0/s1. The maximum atomic E-state index is 13.6. The Morgan fingerprint density at radius 1 is 1.31 bits per heavy atom. The highest BCUT2D eigenvalue weighted by Gasteiger charge is 2.36. The van der Waals surface area contributed by atoms with Gasteiger partial charge in [-0.25, -0.2) is 14.8 Å². The number of hydrogen-bond donors (Lipinski definition) is 4. The molecule has 3 aromatic rings. The van der Waals surface area contributed by atoms with Crippen LogP contribution in [0.1, 0.15) is 28.8 Å². The minimum atomic E-state index is -4.63. The van der Waals surface area contributed by atoms with Crippen molar-refractivity contribution in [1.82, 2.24) is 20.3 Å². The number of piperidine rings is 1. The van der Waals surface area contributed by atoms with Gasteiger partial charge in [0.25, 0.3) is 0 Å². The van der Waals surface area contributed by atoms with Crippen LogP contribution in [-0.4, -0.2) is 45.2 Å². The van der Waals surface area contributed by atoms with Gasteiger partial charge < -0.3 is 20.7 Å². The second kappa shape index (κ2) is 7.36. The third-order valence-electron chi connectivity index (χ3n) is 4.91. The Kier molecular flexibility index (Phi) is 4.87. The first-order valence-electron chi connectivity index (χ1n) is 9.09. The molecule has 0 unspecified atom stereocenters. The zero-order valence-corrected chi connectivity index (χ0v) is 15.2. The molecule has 2 aromatic heterocycles.